The van der Waals surface area contributed by atoms with Gasteiger partial charge in [0.25, 0.3) is 0 Å². The van der Waals surface area contributed by atoms with Crippen molar-refractivity contribution in [1.82, 2.24) is 5.32 Å². The maximum Gasteiger partial charge on any atom is 0.150 e. The molecular formula is C13H25NO3S. The Labute approximate surface area is 110 Å². The summed E-state index contributed by atoms with van der Waals surface area (Å²) < 4.78 is 29.1. The molecule has 1 N–H and O–H groups in total. The van der Waals surface area contributed by atoms with E-state index in [0.29, 0.717) is 12.3 Å². The molecule has 1 heterocycles. The summed E-state index contributed by atoms with van der Waals surface area (Å²) in [5.41, 5.74) is 0. The lowest BCUT2D eigenvalue weighted by molar-refractivity contribution is 0.00330. The second-order valence-corrected chi connectivity index (χ2v) is 8.09. The van der Waals surface area contributed by atoms with E-state index >= 15 is 0 Å². The standard InChI is InChI=1S/C13H25NO3S/c1-18(15,16)13-4-2-3-12(9-13)17-10-11-5-7-14-8-6-11/h11-14H,2-10H2,1H3. The molecule has 1 aliphatic heterocycles. The van der Waals surface area contributed by atoms with Crippen molar-refractivity contribution in [1.29, 1.82) is 0 Å². The number of hydrogen-bond donors (Lipinski definition) is 1. The molecule has 5 heteroatoms. The highest BCUT2D eigenvalue weighted by atomic mass is 32.2. The van der Waals surface area contributed by atoms with Crippen LogP contribution >= 0.6 is 0 Å². The summed E-state index contributed by atoms with van der Waals surface area (Å²) in [6, 6.07) is 0. The number of piperidine rings is 1. The Bertz CT molecular complexity index is 349. The average molecular weight is 275 g/mol. The lowest BCUT2D eigenvalue weighted by Crippen LogP contribution is -2.34. The molecule has 0 radical (unpaired) electrons. The zero-order chi connectivity index (χ0) is 13.0. The molecular weight excluding hydrogens is 250 g/mol. The van der Waals surface area contributed by atoms with Gasteiger partial charge < -0.3 is 10.1 Å². The highest BCUT2D eigenvalue weighted by Gasteiger charge is 2.29. The topological polar surface area (TPSA) is 55.4 Å². The Morgan fingerprint density at radius 1 is 1.17 bits per heavy atom. The van der Waals surface area contributed by atoms with Gasteiger partial charge in [0.2, 0.25) is 0 Å². The van der Waals surface area contributed by atoms with Crippen molar-refractivity contribution in [3.05, 3.63) is 0 Å². The Hall–Kier alpha value is -0.130. The molecule has 1 saturated carbocycles. The molecule has 2 unspecified atom stereocenters. The second-order valence-electron chi connectivity index (χ2n) is 5.77. The van der Waals surface area contributed by atoms with Gasteiger partial charge in [-0.15, -0.1) is 0 Å². The van der Waals surface area contributed by atoms with Crippen LogP contribution in [0, 0.1) is 5.92 Å². The van der Waals surface area contributed by atoms with E-state index in [4.69, 9.17) is 4.74 Å². The van der Waals surface area contributed by atoms with E-state index in [1.807, 2.05) is 0 Å². The molecule has 2 aliphatic rings. The first-order chi connectivity index (χ1) is 8.55. The predicted molar refractivity (Wildman–Crippen MR) is 72.4 cm³/mol. The zero-order valence-electron chi connectivity index (χ0n) is 11.2. The Morgan fingerprint density at radius 2 is 1.89 bits per heavy atom. The zero-order valence-corrected chi connectivity index (χ0v) is 12.0. The van der Waals surface area contributed by atoms with Crippen LogP contribution in [0.2, 0.25) is 0 Å². The van der Waals surface area contributed by atoms with Crippen LogP contribution in [0.25, 0.3) is 0 Å². The minimum absolute atomic E-state index is 0.161. The van der Waals surface area contributed by atoms with Crippen molar-refractivity contribution in [2.75, 3.05) is 26.0 Å². The van der Waals surface area contributed by atoms with E-state index in [-0.39, 0.29) is 11.4 Å². The summed E-state index contributed by atoms with van der Waals surface area (Å²) in [4.78, 5) is 0. The summed E-state index contributed by atoms with van der Waals surface area (Å²) >= 11 is 0. The van der Waals surface area contributed by atoms with Gasteiger partial charge in [-0.2, -0.15) is 0 Å². The average Bonchev–Trinajstić information content (AvgIpc) is 2.37. The fourth-order valence-electron chi connectivity index (χ4n) is 2.96. The van der Waals surface area contributed by atoms with Crippen molar-refractivity contribution in [2.24, 2.45) is 5.92 Å². The largest absolute Gasteiger partial charge is 0.378 e. The lowest BCUT2D eigenvalue weighted by atomic mass is 9.96. The molecule has 0 aromatic rings. The summed E-state index contributed by atoms with van der Waals surface area (Å²) in [6.45, 7) is 2.98. The Kier molecular flexibility index (Phi) is 5.04. The molecule has 4 nitrogen and oxygen atoms in total. The van der Waals surface area contributed by atoms with Gasteiger partial charge in [-0.3, -0.25) is 0 Å². The molecule has 2 rings (SSSR count). The third-order valence-corrected chi connectivity index (χ3v) is 5.85. The van der Waals surface area contributed by atoms with Gasteiger partial charge in [-0.1, -0.05) is 0 Å². The fourth-order valence-corrected chi connectivity index (χ4v) is 4.12. The SMILES string of the molecule is CS(=O)(=O)C1CCCC(OCC2CCNCC2)C1. The molecule has 2 atom stereocenters. The van der Waals surface area contributed by atoms with E-state index in [1.165, 1.54) is 19.1 Å². The smallest absolute Gasteiger partial charge is 0.150 e. The molecule has 0 aromatic heterocycles. The Morgan fingerprint density at radius 3 is 2.56 bits per heavy atom. The van der Waals surface area contributed by atoms with Crippen LogP contribution in [0.1, 0.15) is 38.5 Å². The van der Waals surface area contributed by atoms with Gasteiger partial charge in [0.05, 0.1) is 11.4 Å². The number of hydrogen-bond acceptors (Lipinski definition) is 4. The number of nitrogens with one attached hydrogen (secondary N) is 1. The second kappa shape index (κ2) is 6.35. The van der Waals surface area contributed by atoms with Crippen LogP contribution in [0.4, 0.5) is 0 Å². The van der Waals surface area contributed by atoms with Crippen LogP contribution in [-0.4, -0.2) is 45.7 Å². The van der Waals surface area contributed by atoms with Gasteiger partial charge in [-0.05, 0) is 57.5 Å². The Balaban J connectivity index is 1.75. The van der Waals surface area contributed by atoms with E-state index < -0.39 is 9.84 Å². The van der Waals surface area contributed by atoms with Crippen molar-refractivity contribution in [3.63, 3.8) is 0 Å². The molecule has 106 valence electrons. The highest BCUT2D eigenvalue weighted by Crippen LogP contribution is 2.26. The monoisotopic (exact) mass is 275 g/mol. The van der Waals surface area contributed by atoms with Gasteiger partial charge in [0.15, 0.2) is 0 Å². The van der Waals surface area contributed by atoms with Crippen LogP contribution in [0.5, 0.6) is 0 Å². The molecule has 2 fully saturated rings. The first-order valence-corrected chi connectivity index (χ1v) is 9.02. The molecule has 18 heavy (non-hydrogen) atoms. The summed E-state index contributed by atoms with van der Waals surface area (Å²) in [7, 11) is -2.89. The highest BCUT2D eigenvalue weighted by molar-refractivity contribution is 7.91. The van der Waals surface area contributed by atoms with E-state index in [1.54, 1.807) is 0 Å². The molecule has 1 aliphatic carbocycles. The van der Waals surface area contributed by atoms with Crippen molar-refractivity contribution < 1.29 is 13.2 Å². The van der Waals surface area contributed by atoms with Gasteiger partial charge in [0, 0.05) is 12.9 Å². The van der Waals surface area contributed by atoms with Crippen LogP contribution in [-0.2, 0) is 14.6 Å². The quantitative estimate of drug-likeness (QED) is 0.841. The maximum absolute atomic E-state index is 11.6. The van der Waals surface area contributed by atoms with Crippen LogP contribution < -0.4 is 5.32 Å². The van der Waals surface area contributed by atoms with Crippen LogP contribution in [0.15, 0.2) is 0 Å². The first kappa shape index (κ1) is 14.3. The van der Waals surface area contributed by atoms with Gasteiger partial charge in [0.1, 0.15) is 9.84 Å². The third-order valence-electron chi connectivity index (χ3n) is 4.21. The van der Waals surface area contributed by atoms with E-state index in [9.17, 15) is 8.42 Å². The number of rotatable bonds is 4. The van der Waals surface area contributed by atoms with Gasteiger partial charge in [-0.25, -0.2) is 8.42 Å². The fraction of sp³-hybridized carbons (Fsp3) is 1.00. The summed E-state index contributed by atoms with van der Waals surface area (Å²) in [6.07, 6.45) is 7.40. The van der Waals surface area contributed by atoms with Crippen molar-refractivity contribution in [2.45, 2.75) is 49.9 Å². The number of ether oxygens (including phenoxy) is 1. The minimum Gasteiger partial charge on any atom is -0.378 e. The number of sulfone groups is 1. The van der Waals surface area contributed by atoms with Crippen LogP contribution in [0.3, 0.4) is 0 Å². The molecule has 0 amide bonds. The first-order valence-electron chi connectivity index (χ1n) is 7.07. The predicted octanol–water partition coefficient (Wildman–Crippen LogP) is 1.36. The molecule has 0 aromatic carbocycles. The lowest BCUT2D eigenvalue weighted by Gasteiger charge is -2.30. The molecule has 1 saturated heterocycles. The van der Waals surface area contributed by atoms with Crippen molar-refractivity contribution in [3.8, 4) is 0 Å². The summed E-state index contributed by atoms with van der Waals surface area (Å²) in [5, 5.41) is 3.17. The molecule has 0 bridgehead atoms. The van der Waals surface area contributed by atoms with E-state index in [2.05, 4.69) is 5.32 Å². The van der Waals surface area contributed by atoms with Crippen molar-refractivity contribution >= 4 is 9.84 Å². The minimum atomic E-state index is -2.89. The van der Waals surface area contributed by atoms with Gasteiger partial charge >= 0.3 is 0 Å². The third kappa shape index (κ3) is 4.21. The maximum atomic E-state index is 11.6. The molecule has 0 spiro atoms. The normalized spacial score (nSPS) is 31.4. The van der Waals surface area contributed by atoms with E-state index in [0.717, 1.165) is 39.0 Å². The summed E-state index contributed by atoms with van der Waals surface area (Å²) in [5.74, 6) is 0.657.